The second-order valence-electron chi connectivity index (χ2n) is 6.02. The molecule has 0 aliphatic heterocycles. The zero-order valence-electron chi connectivity index (χ0n) is 14.1. The van der Waals surface area contributed by atoms with Gasteiger partial charge in [0.1, 0.15) is 0 Å². The molecule has 1 heterocycles. The lowest BCUT2D eigenvalue weighted by molar-refractivity contribution is -0.131. The zero-order valence-corrected chi connectivity index (χ0v) is 14.1. The van der Waals surface area contributed by atoms with Crippen LogP contribution < -0.4 is 0 Å². The molecule has 2 aromatic carbocycles. The summed E-state index contributed by atoms with van der Waals surface area (Å²) in [6.07, 6.45) is 4.44. The Kier molecular flexibility index (Phi) is 4.80. The van der Waals surface area contributed by atoms with Crippen molar-refractivity contribution >= 4 is 5.91 Å². The maximum Gasteiger partial charge on any atom is 0.227 e. The molecule has 24 heavy (non-hydrogen) atoms. The van der Waals surface area contributed by atoms with Gasteiger partial charge in [-0.25, -0.2) is 0 Å². The van der Waals surface area contributed by atoms with Crippen molar-refractivity contribution in [3.05, 3.63) is 90.3 Å². The predicted molar refractivity (Wildman–Crippen MR) is 97.1 cm³/mol. The van der Waals surface area contributed by atoms with Gasteiger partial charge >= 0.3 is 0 Å². The van der Waals surface area contributed by atoms with Gasteiger partial charge in [-0.15, -0.1) is 0 Å². The highest BCUT2D eigenvalue weighted by atomic mass is 16.2. The summed E-state index contributed by atoms with van der Waals surface area (Å²) in [7, 11) is 1.87. The Hall–Kier alpha value is -2.81. The number of aromatic nitrogens is 1. The van der Waals surface area contributed by atoms with Gasteiger partial charge in [0.25, 0.3) is 0 Å². The highest BCUT2D eigenvalue weighted by Crippen LogP contribution is 2.19. The Morgan fingerprint density at radius 3 is 2.21 bits per heavy atom. The first-order valence-corrected chi connectivity index (χ1v) is 8.18. The summed E-state index contributed by atoms with van der Waals surface area (Å²) in [5.41, 5.74) is 3.28. The topological polar surface area (TPSA) is 25.2 Å². The van der Waals surface area contributed by atoms with Crippen LogP contribution in [0.5, 0.6) is 0 Å². The van der Waals surface area contributed by atoms with E-state index in [0.717, 1.165) is 16.8 Å². The van der Waals surface area contributed by atoms with Crippen LogP contribution in [0.2, 0.25) is 0 Å². The largest absolute Gasteiger partial charge is 0.339 e. The van der Waals surface area contributed by atoms with Gasteiger partial charge in [0.05, 0.1) is 12.5 Å². The van der Waals surface area contributed by atoms with Crippen LogP contribution in [-0.2, 0) is 11.2 Å². The lowest BCUT2D eigenvalue weighted by Crippen LogP contribution is -2.30. The van der Waals surface area contributed by atoms with E-state index in [9.17, 15) is 4.79 Å². The van der Waals surface area contributed by atoms with E-state index in [0.29, 0.717) is 6.42 Å². The number of rotatable bonds is 5. The minimum Gasteiger partial charge on any atom is -0.339 e. The predicted octanol–water partition coefficient (Wildman–Crippen LogP) is 4.24. The molecule has 0 saturated carbocycles. The third-order valence-corrected chi connectivity index (χ3v) is 4.45. The fraction of sp³-hybridized carbons (Fsp3) is 0.190. The molecule has 0 fully saturated rings. The molecular weight excluding hydrogens is 296 g/mol. The van der Waals surface area contributed by atoms with Crippen molar-refractivity contribution in [2.75, 3.05) is 7.05 Å². The molecule has 0 aliphatic rings. The molecule has 3 aromatic rings. The zero-order chi connectivity index (χ0) is 16.9. The minimum atomic E-state index is 0.0675. The molecule has 0 N–H and O–H groups in total. The molecule has 3 nitrogen and oxygen atoms in total. The second-order valence-corrected chi connectivity index (χ2v) is 6.02. The molecular formula is C21H22N2O. The summed E-state index contributed by atoms with van der Waals surface area (Å²) < 4.78 is 2.05. The number of likely N-dealkylation sites (N-methyl/N-ethyl adjacent to an activating group) is 1. The Morgan fingerprint density at radius 2 is 1.58 bits per heavy atom. The van der Waals surface area contributed by atoms with Crippen LogP contribution in [0.15, 0.2) is 79.1 Å². The Bertz CT molecular complexity index is 776. The summed E-state index contributed by atoms with van der Waals surface area (Å²) in [5.74, 6) is 0.125. The van der Waals surface area contributed by atoms with E-state index >= 15 is 0 Å². The monoisotopic (exact) mass is 318 g/mol. The van der Waals surface area contributed by atoms with Crippen molar-refractivity contribution in [3.63, 3.8) is 0 Å². The summed E-state index contributed by atoms with van der Waals surface area (Å²) in [6, 6.07) is 22.3. The van der Waals surface area contributed by atoms with Crippen LogP contribution >= 0.6 is 0 Å². The molecule has 0 unspecified atom stereocenters. The number of nitrogens with zero attached hydrogens (tertiary/aromatic N) is 2. The lowest BCUT2D eigenvalue weighted by Gasteiger charge is -2.25. The molecule has 3 heteroatoms. The highest BCUT2D eigenvalue weighted by Gasteiger charge is 2.17. The van der Waals surface area contributed by atoms with Gasteiger partial charge in [-0.05, 0) is 42.3 Å². The number of carbonyl (C=O) groups excluding carboxylic acids is 1. The van der Waals surface area contributed by atoms with Crippen molar-refractivity contribution in [2.24, 2.45) is 0 Å². The number of amides is 1. The van der Waals surface area contributed by atoms with Crippen molar-refractivity contribution in [1.29, 1.82) is 0 Å². The van der Waals surface area contributed by atoms with Crippen LogP contribution in [0, 0.1) is 0 Å². The third-order valence-electron chi connectivity index (χ3n) is 4.45. The van der Waals surface area contributed by atoms with Crippen LogP contribution in [0.4, 0.5) is 0 Å². The fourth-order valence-corrected chi connectivity index (χ4v) is 2.76. The van der Waals surface area contributed by atoms with Gasteiger partial charge in [-0.3, -0.25) is 4.79 Å². The van der Waals surface area contributed by atoms with E-state index in [-0.39, 0.29) is 11.9 Å². The van der Waals surface area contributed by atoms with E-state index in [2.05, 4.69) is 23.6 Å². The Morgan fingerprint density at radius 1 is 0.958 bits per heavy atom. The first-order valence-electron chi connectivity index (χ1n) is 8.18. The smallest absolute Gasteiger partial charge is 0.227 e. The first-order chi connectivity index (χ1) is 11.6. The summed E-state index contributed by atoms with van der Waals surface area (Å²) >= 11 is 0. The number of hydrogen-bond acceptors (Lipinski definition) is 1. The van der Waals surface area contributed by atoms with Crippen molar-refractivity contribution in [1.82, 2.24) is 9.47 Å². The van der Waals surface area contributed by atoms with Crippen molar-refractivity contribution < 1.29 is 4.79 Å². The van der Waals surface area contributed by atoms with E-state index in [1.807, 2.05) is 78.9 Å². The van der Waals surface area contributed by atoms with Gasteiger partial charge in [0, 0.05) is 25.1 Å². The van der Waals surface area contributed by atoms with Crippen molar-refractivity contribution in [3.8, 4) is 5.69 Å². The maximum absolute atomic E-state index is 12.6. The van der Waals surface area contributed by atoms with Crippen LogP contribution in [0.25, 0.3) is 5.69 Å². The van der Waals surface area contributed by atoms with Gasteiger partial charge in [-0.1, -0.05) is 42.5 Å². The molecule has 0 bridgehead atoms. The van der Waals surface area contributed by atoms with Crippen molar-refractivity contribution in [2.45, 2.75) is 19.4 Å². The summed E-state index contributed by atoms with van der Waals surface area (Å²) in [6.45, 7) is 2.06. The molecule has 0 aliphatic carbocycles. The van der Waals surface area contributed by atoms with Crippen LogP contribution in [0.1, 0.15) is 24.1 Å². The minimum absolute atomic E-state index is 0.0675. The molecule has 122 valence electrons. The molecule has 1 aromatic heterocycles. The number of benzene rings is 2. The summed E-state index contributed by atoms with van der Waals surface area (Å²) in [4.78, 5) is 14.4. The van der Waals surface area contributed by atoms with E-state index in [1.54, 1.807) is 0 Å². The number of hydrogen-bond donors (Lipinski definition) is 0. The standard InChI is InChI=1S/C21H22N2O/c1-17(19-8-4-3-5-9-19)22(2)21(24)16-18-10-12-20(13-11-18)23-14-6-7-15-23/h3-15,17H,16H2,1-2H3/t17-/m0/s1. The summed E-state index contributed by atoms with van der Waals surface area (Å²) in [5, 5.41) is 0. The molecule has 1 amide bonds. The quantitative estimate of drug-likeness (QED) is 0.691. The van der Waals surface area contributed by atoms with Gasteiger partial charge in [0.2, 0.25) is 5.91 Å². The molecule has 0 spiro atoms. The van der Waals surface area contributed by atoms with E-state index in [4.69, 9.17) is 0 Å². The van der Waals surface area contributed by atoms with E-state index in [1.165, 1.54) is 0 Å². The van der Waals surface area contributed by atoms with Gasteiger partial charge in [-0.2, -0.15) is 0 Å². The Balaban J connectivity index is 1.66. The molecule has 3 rings (SSSR count). The molecule has 1 atom stereocenters. The molecule has 0 saturated heterocycles. The lowest BCUT2D eigenvalue weighted by atomic mass is 10.1. The second kappa shape index (κ2) is 7.18. The maximum atomic E-state index is 12.6. The number of carbonyl (C=O) groups is 1. The SMILES string of the molecule is C[C@@H](c1ccccc1)N(C)C(=O)Cc1ccc(-n2cccc2)cc1. The van der Waals surface area contributed by atoms with Crippen LogP contribution in [-0.4, -0.2) is 22.4 Å². The fourth-order valence-electron chi connectivity index (χ4n) is 2.76. The van der Waals surface area contributed by atoms with Crippen LogP contribution in [0.3, 0.4) is 0 Å². The molecule has 0 radical (unpaired) electrons. The first kappa shape index (κ1) is 16.1. The van der Waals surface area contributed by atoms with Gasteiger partial charge in [0.15, 0.2) is 0 Å². The third kappa shape index (κ3) is 3.57. The normalized spacial score (nSPS) is 11.9. The van der Waals surface area contributed by atoms with E-state index < -0.39 is 0 Å². The van der Waals surface area contributed by atoms with Gasteiger partial charge < -0.3 is 9.47 Å². The average molecular weight is 318 g/mol. The Labute approximate surface area is 143 Å². The highest BCUT2D eigenvalue weighted by molar-refractivity contribution is 5.79. The average Bonchev–Trinajstić information content (AvgIpc) is 3.16.